The van der Waals surface area contributed by atoms with Crippen LogP contribution in [0.15, 0.2) is 36.0 Å². The van der Waals surface area contributed by atoms with E-state index in [9.17, 15) is 9.59 Å². The molecule has 0 heterocycles. The number of allylic oxidation sites excluding steroid dienone is 2. The summed E-state index contributed by atoms with van der Waals surface area (Å²) in [4.78, 5) is 21.6. The van der Waals surface area contributed by atoms with Crippen molar-refractivity contribution >= 4 is 11.9 Å². The van der Waals surface area contributed by atoms with Gasteiger partial charge in [-0.25, -0.2) is 9.59 Å². The summed E-state index contributed by atoms with van der Waals surface area (Å²) in [7, 11) is 0. The van der Waals surface area contributed by atoms with Crippen LogP contribution in [0.3, 0.4) is 0 Å². The quantitative estimate of drug-likeness (QED) is 0.691. The van der Waals surface area contributed by atoms with E-state index >= 15 is 0 Å². The van der Waals surface area contributed by atoms with Crippen LogP contribution in [-0.2, 0) is 9.59 Å². The summed E-state index contributed by atoms with van der Waals surface area (Å²) in [5, 5.41) is 17.7. The van der Waals surface area contributed by atoms with E-state index in [2.05, 4.69) is 6.58 Å². The van der Waals surface area contributed by atoms with Crippen molar-refractivity contribution in [3.05, 3.63) is 36.0 Å². The summed E-state index contributed by atoms with van der Waals surface area (Å²) >= 11 is 0. The van der Waals surface area contributed by atoms with Gasteiger partial charge in [-0.15, -0.1) is 6.58 Å². The second-order valence-electron chi connectivity index (χ2n) is 3.77. The normalized spacial score (nSPS) is 25.1. The summed E-state index contributed by atoms with van der Waals surface area (Å²) in [6.07, 6.45) is 4.54. The van der Waals surface area contributed by atoms with E-state index in [0.717, 1.165) is 0 Å². The molecule has 1 aliphatic carbocycles. The Morgan fingerprint density at radius 1 is 1.47 bits per heavy atom. The third-order valence-corrected chi connectivity index (χ3v) is 2.37. The molecule has 80 valence electrons. The molecule has 0 saturated carbocycles. The lowest BCUT2D eigenvalue weighted by Crippen LogP contribution is -2.21. The van der Waals surface area contributed by atoms with Crippen LogP contribution >= 0.6 is 0 Å². The fraction of sp³-hybridized carbons (Fsp3) is 0.273. The Labute approximate surface area is 87.2 Å². The van der Waals surface area contributed by atoms with Crippen molar-refractivity contribution in [1.82, 2.24) is 0 Å². The first-order valence-electron chi connectivity index (χ1n) is 4.41. The van der Waals surface area contributed by atoms with Gasteiger partial charge in [-0.3, -0.25) is 0 Å². The molecule has 1 unspecified atom stereocenters. The molecule has 4 nitrogen and oxygen atoms in total. The Kier molecular flexibility index (Phi) is 2.79. The molecular weight excluding hydrogens is 196 g/mol. The second-order valence-corrected chi connectivity index (χ2v) is 3.77. The molecule has 4 heteroatoms. The Bertz CT molecular complexity index is 389. The molecular formula is C11H12O4. The predicted molar refractivity (Wildman–Crippen MR) is 54.4 cm³/mol. The highest BCUT2D eigenvalue weighted by molar-refractivity contribution is 5.96. The van der Waals surface area contributed by atoms with E-state index in [4.69, 9.17) is 10.2 Å². The molecule has 0 spiro atoms. The molecule has 0 saturated heterocycles. The Morgan fingerprint density at radius 2 is 2.07 bits per heavy atom. The van der Waals surface area contributed by atoms with Gasteiger partial charge in [0.15, 0.2) is 0 Å². The van der Waals surface area contributed by atoms with Gasteiger partial charge in [-0.05, 0) is 12.5 Å². The molecule has 0 radical (unpaired) electrons. The maximum Gasteiger partial charge on any atom is 0.335 e. The number of aliphatic carboxylic acids is 2. The van der Waals surface area contributed by atoms with Gasteiger partial charge in [0.25, 0.3) is 0 Å². The summed E-state index contributed by atoms with van der Waals surface area (Å²) in [6, 6.07) is 0. The Balaban J connectivity index is 3.19. The van der Waals surface area contributed by atoms with Crippen LogP contribution in [-0.4, -0.2) is 22.2 Å². The number of carboxylic acid groups (broad SMARTS) is 2. The average molecular weight is 208 g/mol. The van der Waals surface area contributed by atoms with Crippen molar-refractivity contribution in [1.29, 1.82) is 0 Å². The minimum absolute atomic E-state index is 0.000972. The van der Waals surface area contributed by atoms with Gasteiger partial charge in [0, 0.05) is 11.0 Å². The zero-order valence-corrected chi connectivity index (χ0v) is 8.36. The maximum atomic E-state index is 10.8. The molecule has 1 atom stereocenters. The molecule has 1 rings (SSSR count). The van der Waals surface area contributed by atoms with Crippen molar-refractivity contribution in [2.75, 3.05) is 0 Å². The molecule has 0 aromatic rings. The number of carboxylic acids is 2. The highest BCUT2D eigenvalue weighted by atomic mass is 16.4. The van der Waals surface area contributed by atoms with Gasteiger partial charge in [-0.2, -0.15) is 0 Å². The topological polar surface area (TPSA) is 74.6 Å². The summed E-state index contributed by atoms with van der Waals surface area (Å²) in [5.41, 5.74) is -0.505. The third-order valence-electron chi connectivity index (χ3n) is 2.37. The molecule has 0 amide bonds. The highest BCUT2D eigenvalue weighted by Gasteiger charge is 2.28. The number of rotatable bonds is 3. The Morgan fingerprint density at radius 3 is 2.47 bits per heavy atom. The third kappa shape index (κ3) is 2.34. The fourth-order valence-electron chi connectivity index (χ4n) is 1.49. The first-order chi connectivity index (χ1) is 6.88. The lowest BCUT2D eigenvalue weighted by molar-refractivity contribution is -0.133. The van der Waals surface area contributed by atoms with Crippen LogP contribution in [0.2, 0.25) is 0 Å². The van der Waals surface area contributed by atoms with Crippen LogP contribution in [0.1, 0.15) is 13.3 Å². The van der Waals surface area contributed by atoms with Crippen LogP contribution in [0.25, 0.3) is 0 Å². The molecule has 0 aromatic heterocycles. The number of hydrogen-bond acceptors (Lipinski definition) is 2. The van der Waals surface area contributed by atoms with Crippen molar-refractivity contribution in [3.63, 3.8) is 0 Å². The Hall–Kier alpha value is -1.84. The molecule has 0 aromatic carbocycles. The number of hydrogen-bond donors (Lipinski definition) is 2. The molecule has 1 aliphatic rings. The summed E-state index contributed by atoms with van der Waals surface area (Å²) < 4.78 is 0. The van der Waals surface area contributed by atoms with Crippen molar-refractivity contribution in [2.24, 2.45) is 5.41 Å². The van der Waals surface area contributed by atoms with E-state index < -0.39 is 17.4 Å². The zero-order chi connectivity index (χ0) is 11.6. The second kappa shape index (κ2) is 3.73. The lowest BCUT2D eigenvalue weighted by Gasteiger charge is -2.26. The van der Waals surface area contributed by atoms with E-state index in [1.54, 1.807) is 13.0 Å². The van der Waals surface area contributed by atoms with Crippen LogP contribution in [0.4, 0.5) is 0 Å². The van der Waals surface area contributed by atoms with Gasteiger partial charge < -0.3 is 10.2 Å². The van der Waals surface area contributed by atoms with E-state index in [0.29, 0.717) is 0 Å². The van der Waals surface area contributed by atoms with Gasteiger partial charge in [0.2, 0.25) is 0 Å². The molecule has 0 bridgehead atoms. The van der Waals surface area contributed by atoms with Gasteiger partial charge in [-0.1, -0.05) is 19.1 Å². The standard InChI is InChI=1S/C11H12O4/c1-3-11(2)5-7(9(12)13)4-8(6-11)10(14)15/h3-5H,1,6H2,2H3,(H,12,13)(H,14,15). The van der Waals surface area contributed by atoms with Gasteiger partial charge in [0.05, 0.1) is 5.57 Å². The van der Waals surface area contributed by atoms with E-state index in [-0.39, 0.29) is 17.6 Å². The maximum absolute atomic E-state index is 10.8. The fourth-order valence-corrected chi connectivity index (χ4v) is 1.49. The first-order valence-corrected chi connectivity index (χ1v) is 4.41. The van der Waals surface area contributed by atoms with Crippen LogP contribution in [0, 0.1) is 5.41 Å². The first kappa shape index (κ1) is 11.2. The lowest BCUT2D eigenvalue weighted by atomic mass is 9.78. The van der Waals surface area contributed by atoms with Crippen LogP contribution in [0.5, 0.6) is 0 Å². The average Bonchev–Trinajstić information content (AvgIpc) is 2.17. The van der Waals surface area contributed by atoms with Crippen molar-refractivity contribution in [2.45, 2.75) is 13.3 Å². The summed E-state index contributed by atoms with van der Waals surface area (Å²) in [6.45, 7) is 5.33. The predicted octanol–water partition coefficient (Wildman–Crippen LogP) is 1.60. The summed E-state index contributed by atoms with van der Waals surface area (Å²) in [5.74, 6) is -2.21. The molecule has 0 fully saturated rings. The minimum Gasteiger partial charge on any atom is -0.478 e. The zero-order valence-electron chi connectivity index (χ0n) is 8.36. The van der Waals surface area contributed by atoms with E-state index in [1.165, 1.54) is 12.2 Å². The van der Waals surface area contributed by atoms with Gasteiger partial charge >= 0.3 is 11.9 Å². The largest absolute Gasteiger partial charge is 0.478 e. The van der Waals surface area contributed by atoms with Crippen molar-refractivity contribution < 1.29 is 19.8 Å². The number of carbonyl (C=O) groups is 2. The van der Waals surface area contributed by atoms with Crippen LogP contribution < -0.4 is 0 Å². The van der Waals surface area contributed by atoms with Crippen molar-refractivity contribution in [3.8, 4) is 0 Å². The molecule has 0 aliphatic heterocycles. The highest BCUT2D eigenvalue weighted by Crippen LogP contribution is 2.34. The molecule has 2 N–H and O–H groups in total. The SMILES string of the molecule is C=CC1(C)C=C(C(=O)O)C=C(C(=O)O)C1. The minimum atomic E-state index is -1.12. The molecule has 15 heavy (non-hydrogen) atoms. The van der Waals surface area contributed by atoms with E-state index in [1.807, 2.05) is 0 Å². The smallest absolute Gasteiger partial charge is 0.335 e. The monoisotopic (exact) mass is 208 g/mol. The van der Waals surface area contributed by atoms with Gasteiger partial charge in [0.1, 0.15) is 0 Å².